The van der Waals surface area contributed by atoms with Gasteiger partial charge in [-0.3, -0.25) is 0 Å². The van der Waals surface area contributed by atoms with Crippen LogP contribution in [0.25, 0.3) is 0 Å². The molecule has 0 aliphatic heterocycles. The monoisotopic (exact) mass is 271 g/mol. The molecule has 0 saturated carbocycles. The Morgan fingerprint density at radius 1 is 1.47 bits per heavy atom. The number of nitrogens with zero attached hydrogens (tertiary/aromatic N) is 1. The van der Waals surface area contributed by atoms with Gasteiger partial charge in [-0.25, -0.2) is 9.78 Å². The molecule has 0 aliphatic rings. The van der Waals surface area contributed by atoms with Crippen LogP contribution >= 0.6 is 15.9 Å². The zero-order valence-electron chi connectivity index (χ0n) is 9.30. The highest BCUT2D eigenvalue weighted by Gasteiger charge is 2.17. The normalized spacial score (nSPS) is 10.5. The van der Waals surface area contributed by atoms with Crippen molar-refractivity contribution >= 4 is 21.9 Å². The molecule has 1 aromatic heterocycles. The van der Waals surface area contributed by atoms with Gasteiger partial charge in [0.15, 0.2) is 0 Å². The van der Waals surface area contributed by atoms with E-state index in [1.807, 2.05) is 33.8 Å². The standard InChI is InChI=1S/C11H14BrNO2/c1-6(2)15-11(14)9-7(3)5-8(4)13-10(9)12/h5-6H,1-4H3. The highest BCUT2D eigenvalue weighted by molar-refractivity contribution is 9.10. The van der Waals surface area contributed by atoms with Gasteiger partial charge in [-0.05, 0) is 55.3 Å². The summed E-state index contributed by atoms with van der Waals surface area (Å²) in [6, 6.07) is 1.86. The molecule has 0 aromatic carbocycles. The second-order valence-corrected chi connectivity index (χ2v) is 4.45. The highest BCUT2D eigenvalue weighted by Crippen LogP contribution is 2.20. The highest BCUT2D eigenvalue weighted by atomic mass is 79.9. The molecule has 1 aromatic rings. The minimum Gasteiger partial charge on any atom is -0.459 e. The van der Waals surface area contributed by atoms with E-state index in [1.165, 1.54) is 0 Å². The molecular weight excluding hydrogens is 258 g/mol. The molecule has 82 valence electrons. The SMILES string of the molecule is Cc1cc(C)c(C(=O)OC(C)C)c(Br)n1. The number of aromatic nitrogens is 1. The molecule has 15 heavy (non-hydrogen) atoms. The first kappa shape index (κ1) is 12.2. The summed E-state index contributed by atoms with van der Waals surface area (Å²) in [5.74, 6) is -0.332. The van der Waals surface area contributed by atoms with Crippen LogP contribution in [0.15, 0.2) is 10.7 Å². The van der Waals surface area contributed by atoms with Gasteiger partial charge in [0, 0.05) is 5.69 Å². The van der Waals surface area contributed by atoms with Gasteiger partial charge >= 0.3 is 5.97 Å². The van der Waals surface area contributed by atoms with Crippen LogP contribution in [0.3, 0.4) is 0 Å². The van der Waals surface area contributed by atoms with E-state index in [1.54, 1.807) is 0 Å². The molecule has 3 nitrogen and oxygen atoms in total. The van der Waals surface area contributed by atoms with E-state index in [0.29, 0.717) is 10.2 Å². The van der Waals surface area contributed by atoms with Crippen LogP contribution < -0.4 is 0 Å². The summed E-state index contributed by atoms with van der Waals surface area (Å²) in [6.07, 6.45) is -0.120. The Morgan fingerprint density at radius 2 is 2.07 bits per heavy atom. The van der Waals surface area contributed by atoms with Crippen molar-refractivity contribution in [2.24, 2.45) is 0 Å². The number of rotatable bonds is 2. The van der Waals surface area contributed by atoms with Crippen LogP contribution in [0, 0.1) is 13.8 Å². The fourth-order valence-corrected chi connectivity index (χ4v) is 2.06. The van der Waals surface area contributed by atoms with Crippen molar-refractivity contribution < 1.29 is 9.53 Å². The fourth-order valence-electron chi connectivity index (χ4n) is 1.31. The Balaban J connectivity index is 3.09. The van der Waals surface area contributed by atoms with Crippen molar-refractivity contribution in [3.05, 3.63) is 27.5 Å². The maximum Gasteiger partial charge on any atom is 0.341 e. The quantitative estimate of drug-likeness (QED) is 0.613. The number of halogens is 1. The molecule has 0 spiro atoms. The number of aryl methyl sites for hydroxylation is 2. The van der Waals surface area contributed by atoms with Gasteiger partial charge in [-0.15, -0.1) is 0 Å². The molecule has 0 bridgehead atoms. The summed E-state index contributed by atoms with van der Waals surface area (Å²) < 4.78 is 5.68. The third-order valence-corrected chi connectivity index (χ3v) is 2.42. The van der Waals surface area contributed by atoms with Gasteiger partial charge < -0.3 is 4.74 Å². The molecule has 0 N–H and O–H groups in total. The maximum absolute atomic E-state index is 11.7. The number of carbonyl (C=O) groups excluding carboxylic acids is 1. The van der Waals surface area contributed by atoms with Crippen LogP contribution in [0.4, 0.5) is 0 Å². The summed E-state index contributed by atoms with van der Waals surface area (Å²) in [7, 11) is 0. The largest absolute Gasteiger partial charge is 0.459 e. The first-order chi connectivity index (χ1) is 6.91. The lowest BCUT2D eigenvalue weighted by Crippen LogP contribution is -2.14. The van der Waals surface area contributed by atoms with Crippen molar-refractivity contribution in [3.63, 3.8) is 0 Å². The Kier molecular flexibility index (Phi) is 3.85. The summed E-state index contributed by atoms with van der Waals surface area (Å²) >= 11 is 3.28. The van der Waals surface area contributed by atoms with Gasteiger partial charge in [0.05, 0.1) is 11.7 Å². The number of hydrogen-bond donors (Lipinski definition) is 0. The van der Waals surface area contributed by atoms with Crippen molar-refractivity contribution in [1.82, 2.24) is 4.98 Å². The Bertz CT molecular complexity index is 365. The van der Waals surface area contributed by atoms with E-state index in [-0.39, 0.29) is 12.1 Å². The minimum atomic E-state index is -0.332. The second kappa shape index (κ2) is 4.75. The predicted molar refractivity (Wildman–Crippen MR) is 62.0 cm³/mol. The molecule has 1 heterocycles. The van der Waals surface area contributed by atoms with E-state index in [0.717, 1.165) is 11.3 Å². The molecular formula is C11H14BrNO2. The lowest BCUT2D eigenvalue weighted by atomic mass is 10.1. The van der Waals surface area contributed by atoms with E-state index < -0.39 is 0 Å². The number of hydrogen-bond acceptors (Lipinski definition) is 3. The number of pyridine rings is 1. The van der Waals surface area contributed by atoms with Crippen LogP contribution in [-0.4, -0.2) is 17.1 Å². The topological polar surface area (TPSA) is 39.2 Å². The molecule has 1 rings (SSSR count). The molecule has 0 aliphatic carbocycles. The van der Waals surface area contributed by atoms with Gasteiger partial charge in [-0.1, -0.05) is 0 Å². The molecule has 0 atom stereocenters. The summed E-state index contributed by atoms with van der Waals surface area (Å²) in [4.78, 5) is 15.9. The number of carbonyl (C=O) groups is 1. The Morgan fingerprint density at radius 3 is 2.53 bits per heavy atom. The van der Waals surface area contributed by atoms with E-state index in [2.05, 4.69) is 20.9 Å². The van der Waals surface area contributed by atoms with E-state index >= 15 is 0 Å². The zero-order chi connectivity index (χ0) is 11.6. The van der Waals surface area contributed by atoms with E-state index in [4.69, 9.17) is 4.74 Å². The summed E-state index contributed by atoms with van der Waals surface area (Å²) in [5, 5.41) is 0. The third-order valence-electron chi connectivity index (χ3n) is 1.85. The molecule has 0 unspecified atom stereocenters. The molecule has 0 amide bonds. The summed E-state index contributed by atoms with van der Waals surface area (Å²) in [6.45, 7) is 7.40. The minimum absolute atomic E-state index is 0.120. The smallest absolute Gasteiger partial charge is 0.341 e. The van der Waals surface area contributed by atoms with Gasteiger partial charge in [0.2, 0.25) is 0 Å². The third kappa shape index (κ3) is 3.02. The fraction of sp³-hybridized carbons (Fsp3) is 0.455. The first-order valence-corrected chi connectivity index (χ1v) is 5.56. The lowest BCUT2D eigenvalue weighted by Gasteiger charge is -2.11. The first-order valence-electron chi connectivity index (χ1n) is 4.76. The van der Waals surface area contributed by atoms with Crippen LogP contribution in [0.2, 0.25) is 0 Å². The van der Waals surface area contributed by atoms with Gasteiger partial charge in [-0.2, -0.15) is 0 Å². The van der Waals surface area contributed by atoms with Crippen molar-refractivity contribution in [2.45, 2.75) is 33.8 Å². The van der Waals surface area contributed by atoms with Gasteiger partial charge in [0.25, 0.3) is 0 Å². The van der Waals surface area contributed by atoms with Crippen LogP contribution in [0.5, 0.6) is 0 Å². The Labute approximate surface area is 98.0 Å². The molecule has 4 heteroatoms. The van der Waals surface area contributed by atoms with E-state index in [9.17, 15) is 4.79 Å². The van der Waals surface area contributed by atoms with Crippen LogP contribution in [0.1, 0.15) is 35.5 Å². The number of esters is 1. The van der Waals surface area contributed by atoms with Crippen molar-refractivity contribution in [3.8, 4) is 0 Å². The average molecular weight is 272 g/mol. The van der Waals surface area contributed by atoms with Crippen molar-refractivity contribution in [1.29, 1.82) is 0 Å². The number of ether oxygens (including phenoxy) is 1. The predicted octanol–water partition coefficient (Wildman–Crippen LogP) is 3.03. The zero-order valence-corrected chi connectivity index (χ0v) is 10.9. The molecule has 0 radical (unpaired) electrons. The molecule has 0 fully saturated rings. The second-order valence-electron chi connectivity index (χ2n) is 3.70. The van der Waals surface area contributed by atoms with Gasteiger partial charge in [0.1, 0.15) is 4.60 Å². The Hall–Kier alpha value is -0.900. The molecule has 0 saturated heterocycles. The van der Waals surface area contributed by atoms with Crippen molar-refractivity contribution in [2.75, 3.05) is 0 Å². The summed E-state index contributed by atoms with van der Waals surface area (Å²) in [5.41, 5.74) is 2.26. The lowest BCUT2D eigenvalue weighted by molar-refractivity contribution is 0.0375. The van der Waals surface area contributed by atoms with Crippen LogP contribution in [-0.2, 0) is 4.74 Å². The maximum atomic E-state index is 11.7. The average Bonchev–Trinajstić information content (AvgIpc) is 1.99.